The van der Waals surface area contributed by atoms with Crippen molar-refractivity contribution in [1.29, 1.82) is 0 Å². The molecule has 0 atom stereocenters. The summed E-state index contributed by atoms with van der Waals surface area (Å²) in [6, 6.07) is 6.36. The van der Waals surface area contributed by atoms with Crippen molar-refractivity contribution in [1.82, 2.24) is 0 Å². The summed E-state index contributed by atoms with van der Waals surface area (Å²) >= 11 is 0. The van der Waals surface area contributed by atoms with Gasteiger partial charge in [0.2, 0.25) is 0 Å². The summed E-state index contributed by atoms with van der Waals surface area (Å²) in [5, 5.41) is 0. The monoisotopic (exact) mass is 246 g/mol. The van der Waals surface area contributed by atoms with Crippen molar-refractivity contribution >= 4 is 5.78 Å². The maximum atomic E-state index is 11.9. The highest BCUT2D eigenvalue weighted by atomic mass is 16.1. The van der Waals surface area contributed by atoms with Gasteiger partial charge in [0.05, 0.1) is 0 Å². The van der Waals surface area contributed by atoms with Gasteiger partial charge in [0.15, 0.2) is 0 Å². The maximum absolute atomic E-state index is 11.9. The molecular weight excluding hydrogens is 220 g/mol. The fraction of sp³-hybridized carbons (Fsp3) is 0.588. The second-order valence-electron chi connectivity index (χ2n) is 5.31. The molecule has 0 N–H and O–H groups in total. The van der Waals surface area contributed by atoms with Gasteiger partial charge in [0, 0.05) is 12.8 Å². The highest BCUT2D eigenvalue weighted by Crippen LogP contribution is 2.13. The van der Waals surface area contributed by atoms with Crippen molar-refractivity contribution in [3.63, 3.8) is 0 Å². The van der Waals surface area contributed by atoms with Crippen LogP contribution >= 0.6 is 0 Å². The van der Waals surface area contributed by atoms with Gasteiger partial charge in [0.1, 0.15) is 5.78 Å². The van der Waals surface area contributed by atoms with Crippen LogP contribution in [0.15, 0.2) is 18.2 Å². The number of Topliss-reactive ketones (excluding diaryl/α,β-unsaturated/α-hetero) is 1. The van der Waals surface area contributed by atoms with E-state index in [1.54, 1.807) is 0 Å². The zero-order chi connectivity index (χ0) is 13.4. The SMILES string of the molecule is CCCCCCCC(=O)Cc1cc(C)ccc1C. The van der Waals surface area contributed by atoms with Crippen molar-refractivity contribution < 1.29 is 4.79 Å². The second-order valence-corrected chi connectivity index (χ2v) is 5.31. The predicted molar refractivity (Wildman–Crippen MR) is 78.0 cm³/mol. The molecule has 0 bridgehead atoms. The lowest BCUT2D eigenvalue weighted by Gasteiger charge is -2.06. The molecule has 0 aliphatic rings. The Morgan fingerprint density at radius 2 is 1.78 bits per heavy atom. The van der Waals surface area contributed by atoms with Gasteiger partial charge in [-0.15, -0.1) is 0 Å². The van der Waals surface area contributed by atoms with Crippen LogP contribution in [0.1, 0.15) is 62.1 Å². The molecule has 1 rings (SSSR count). The van der Waals surface area contributed by atoms with Crippen LogP contribution in [0, 0.1) is 13.8 Å². The summed E-state index contributed by atoms with van der Waals surface area (Å²) < 4.78 is 0. The minimum Gasteiger partial charge on any atom is -0.299 e. The molecule has 0 amide bonds. The molecule has 1 aromatic rings. The Morgan fingerprint density at radius 1 is 1.06 bits per heavy atom. The van der Waals surface area contributed by atoms with E-state index in [4.69, 9.17) is 0 Å². The topological polar surface area (TPSA) is 17.1 Å². The normalized spacial score (nSPS) is 10.6. The van der Waals surface area contributed by atoms with Gasteiger partial charge >= 0.3 is 0 Å². The van der Waals surface area contributed by atoms with E-state index in [9.17, 15) is 4.79 Å². The van der Waals surface area contributed by atoms with Crippen LogP contribution in [-0.2, 0) is 11.2 Å². The summed E-state index contributed by atoms with van der Waals surface area (Å²) in [6.45, 7) is 6.38. The first-order valence-electron chi connectivity index (χ1n) is 7.21. The van der Waals surface area contributed by atoms with E-state index in [-0.39, 0.29) is 0 Å². The minimum atomic E-state index is 0.389. The molecular formula is C17H26O. The number of carbonyl (C=O) groups excluding carboxylic acids is 1. The molecule has 0 unspecified atom stereocenters. The Labute approximate surface area is 112 Å². The molecule has 1 heteroatoms. The highest BCUT2D eigenvalue weighted by Gasteiger charge is 2.06. The smallest absolute Gasteiger partial charge is 0.137 e. The number of rotatable bonds is 8. The molecule has 0 saturated carbocycles. The second kappa shape index (κ2) is 8.07. The number of ketones is 1. The van der Waals surface area contributed by atoms with Crippen LogP contribution < -0.4 is 0 Å². The van der Waals surface area contributed by atoms with E-state index in [0.29, 0.717) is 12.2 Å². The molecule has 100 valence electrons. The standard InChI is InChI=1S/C17H26O/c1-4-5-6-7-8-9-17(18)13-16-12-14(2)10-11-15(16)3/h10-12H,4-9,13H2,1-3H3. The van der Waals surface area contributed by atoms with E-state index in [1.807, 2.05) is 0 Å². The van der Waals surface area contributed by atoms with Crippen molar-refractivity contribution in [2.45, 2.75) is 65.7 Å². The van der Waals surface area contributed by atoms with Gasteiger partial charge in [-0.1, -0.05) is 56.4 Å². The molecule has 0 saturated heterocycles. The Bertz CT molecular complexity index is 379. The molecule has 1 nitrogen and oxygen atoms in total. The molecule has 0 heterocycles. The molecule has 0 radical (unpaired) electrons. The Morgan fingerprint density at radius 3 is 2.50 bits per heavy atom. The van der Waals surface area contributed by atoms with E-state index < -0.39 is 0 Å². The van der Waals surface area contributed by atoms with E-state index in [0.717, 1.165) is 12.8 Å². The molecule has 1 aromatic carbocycles. The van der Waals surface area contributed by atoms with E-state index in [1.165, 1.54) is 42.4 Å². The summed E-state index contributed by atoms with van der Waals surface area (Å²) in [7, 11) is 0. The third-order valence-corrected chi connectivity index (χ3v) is 3.45. The van der Waals surface area contributed by atoms with Crippen molar-refractivity contribution in [2.24, 2.45) is 0 Å². The first-order chi connectivity index (χ1) is 8.63. The summed E-state index contributed by atoms with van der Waals surface area (Å²) in [5.74, 6) is 0.389. The third kappa shape index (κ3) is 5.48. The third-order valence-electron chi connectivity index (χ3n) is 3.45. The lowest BCUT2D eigenvalue weighted by Crippen LogP contribution is -2.04. The first kappa shape index (κ1) is 14.9. The van der Waals surface area contributed by atoms with Crippen LogP contribution in [-0.4, -0.2) is 5.78 Å². The predicted octanol–water partition coefficient (Wildman–Crippen LogP) is 4.78. The molecule has 0 aromatic heterocycles. The fourth-order valence-corrected chi connectivity index (χ4v) is 2.22. The fourth-order valence-electron chi connectivity index (χ4n) is 2.22. The van der Waals surface area contributed by atoms with Crippen LogP contribution in [0.4, 0.5) is 0 Å². The maximum Gasteiger partial charge on any atom is 0.137 e. The van der Waals surface area contributed by atoms with Crippen molar-refractivity contribution in [3.8, 4) is 0 Å². The first-order valence-corrected chi connectivity index (χ1v) is 7.21. The van der Waals surface area contributed by atoms with Crippen molar-refractivity contribution in [2.75, 3.05) is 0 Å². The summed E-state index contributed by atoms with van der Waals surface area (Å²) in [5.41, 5.74) is 3.68. The van der Waals surface area contributed by atoms with Gasteiger partial charge in [-0.25, -0.2) is 0 Å². The summed E-state index contributed by atoms with van der Waals surface area (Å²) in [6.07, 6.45) is 7.45. The van der Waals surface area contributed by atoms with Crippen LogP contribution in [0.5, 0.6) is 0 Å². The largest absolute Gasteiger partial charge is 0.299 e. The molecule has 0 aliphatic heterocycles. The van der Waals surface area contributed by atoms with Crippen LogP contribution in [0.3, 0.4) is 0 Å². The van der Waals surface area contributed by atoms with E-state index in [2.05, 4.69) is 39.0 Å². The Balaban J connectivity index is 2.33. The van der Waals surface area contributed by atoms with Gasteiger partial charge < -0.3 is 0 Å². The lowest BCUT2D eigenvalue weighted by atomic mass is 9.98. The average molecular weight is 246 g/mol. The minimum absolute atomic E-state index is 0.389. The zero-order valence-corrected chi connectivity index (χ0v) is 12.1. The molecule has 0 spiro atoms. The summed E-state index contributed by atoms with van der Waals surface area (Å²) in [4.78, 5) is 11.9. The van der Waals surface area contributed by atoms with E-state index >= 15 is 0 Å². The number of aryl methyl sites for hydroxylation is 2. The molecule has 18 heavy (non-hydrogen) atoms. The molecule has 0 aliphatic carbocycles. The quantitative estimate of drug-likeness (QED) is 0.603. The van der Waals surface area contributed by atoms with Crippen LogP contribution in [0.2, 0.25) is 0 Å². The number of hydrogen-bond donors (Lipinski definition) is 0. The zero-order valence-electron chi connectivity index (χ0n) is 12.1. The average Bonchev–Trinajstić information content (AvgIpc) is 2.33. The van der Waals surface area contributed by atoms with Gasteiger partial charge in [-0.2, -0.15) is 0 Å². The number of unbranched alkanes of at least 4 members (excludes halogenated alkanes) is 4. The number of benzene rings is 1. The van der Waals surface area contributed by atoms with Gasteiger partial charge in [-0.3, -0.25) is 4.79 Å². The van der Waals surface area contributed by atoms with Crippen molar-refractivity contribution in [3.05, 3.63) is 34.9 Å². The number of hydrogen-bond acceptors (Lipinski definition) is 1. The Hall–Kier alpha value is -1.11. The lowest BCUT2D eigenvalue weighted by molar-refractivity contribution is -0.118. The van der Waals surface area contributed by atoms with Gasteiger partial charge in [-0.05, 0) is 31.4 Å². The number of carbonyl (C=O) groups is 1. The highest BCUT2D eigenvalue weighted by molar-refractivity contribution is 5.81. The van der Waals surface area contributed by atoms with Crippen LogP contribution in [0.25, 0.3) is 0 Å². The van der Waals surface area contributed by atoms with Gasteiger partial charge in [0.25, 0.3) is 0 Å². The Kier molecular flexibility index (Phi) is 6.70. The molecule has 0 fully saturated rings.